The minimum absolute atomic E-state index is 0.215. The van der Waals surface area contributed by atoms with Crippen molar-refractivity contribution in [2.45, 2.75) is 6.92 Å². The molecular weight excluding hydrogens is 362 g/mol. The molecule has 0 aliphatic heterocycles. The molecule has 0 radical (unpaired) electrons. The number of anilines is 3. The zero-order chi connectivity index (χ0) is 16.2. The molecule has 0 unspecified atom stereocenters. The highest BCUT2D eigenvalue weighted by atomic mass is 79.9. The molecule has 0 saturated carbocycles. The summed E-state index contributed by atoms with van der Waals surface area (Å²) in [4.78, 5) is 12.1. The van der Waals surface area contributed by atoms with Gasteiger partial charge in [-0.05, 0) is 37.3 Å². The number of rotatable bonds is 4. The van der Waals surface area contributed by atoms with Gasteiger partial charge in [-0.15, -0.1) is 10.2 Å². The lowest BCUT2D eigenvalue weighted by Crippen LogP contribution is -2.14. The van der Waals surface area contributed by atoms with E-state index in [9.17, 15) is 4.79 Å². The van der Waals surface area contributed by atoms with E-state index in [1.165, 1.54) is 0 Å². The minimum Gasteiger partial charge on any atom is -0.360 e. The normalized spacial score (nSPS) is 10.3. The van der Waals surface area contributed by atoms with Crippen LogP contribution in [0.15, 0.2) is 51.5 Å². The van der Waals surface area contributed by atoms with Gasteiger partial charge in [0.25, 0.3) is 5.91 Å². The topological polar surface area (TPSA) is 92.9 Å². The molecular formula is C15H12BrN5O2. The van der Waals surface area contributed by atoms with E-state index in [2.05, 4.69) is 41.9 Å². The number of nitrogens with zero attached hydrogens (tertiary/aromatic N) is 3. The van der Waals surface area contributed by atoms with E-state index in [1.54, 1.807) is 37.3 Å². The second-order valence-corrected chi connectivity index (χ2v) is 5.63. The van der Waals surface area contributed by atoms with Crippen LogP contribution in [0.5, 0.6) is 0 Å². The average Bonchev–Trinajstić information content (AvgIpc) is 2.93. The molecule has 0 atom stereocenters. The maximum absolute atomic E-state index is 12.1. The Morgan fingerprint density at radius 2 is 2.00 bits per heavy atom. The Bertz CT molecular complexity index is 832. The van der Waals surface area contributed by atoms with Gasteiger partial charge in [0.2, 0.25) is 0 Å². The molecule has 23 heavy (non-hydrogen) atoms. The van der Waals surface area contributed by atoms with Gasteiger partial charge in [-0.25, -0.2) is 0 Å². The van der Waals surface area contributed by atoms with Crippen LogP contribution in [0.25, 0.3) is 0 Å². The Labute approximate surface area is 140 Å². The molecule has 2 N–H and O–H groups in total. The number of amides is 1. The summed E-state index contributed by atoms with van der Waals surface area (Å²) < 4.78 is 5.82. The van der Waals surface area contributed by atoms with Crippen molar-refractivity contribution >= 4 is 39.2 Å². The van der Waals surface area contributed by atoms with Crippen molar-refractivity contribution in [3.8, 4) is 0 Å². The fourth-order valence-electron chi connectivity index (χ4n) is 1.84. The molecule has 2 heterocycles. The Morgan fingerprint density at radius 3 is 2.65 bits per heavy atom. The second-order valence-electron chi connectivity index (χ2n) is 4.72. The van der Waals surface area contributed by atoms with E-state index < -0.39 is 0 Å². The SMILES string of the molecule is Cc1cc(Nc2ccc(C(=O)Nc3cccc(Br)c3)nn2)no1. The number of carbonyl (C=O) groups is 1. The molecule has 3 aromatic rings. The molecule has 1 aromatic carbocycles. The summed E-state index contributed by atoms with van der Waals surface area (Å²) in [6, 6.07) is 12.3. The molecule has 8 heteroatoms. The smallest absolute Gasteiger partial charge is 0.276 e. The van der Waals surface area contributed by atoms with Crippen LogP contribution >= 0.6 is 15.9 Å². The van der Waals surface area contributed by atoms with Crippen molar-refractivity contribution in [1.82, 2.24) is 15.4 Å². The van der Waals surface area contributed by atoms with Gasteiger partial charge in [0.15, 0.2) is 17.3 Å². The lowest BCUT2D eigenvalue weighted by molar-refractivity contribution is 0.102. The van der Waals surface area contributed by atoms with Crippen LogP contribution in [0, 0.1) is 6.92 Å². The molecule has 7 nitrogen and oxygen atoms in total. The third kappa shape index (κ3) is 3.92. The number of hydrogen-bond donors (Lipinski definition) is 2. The molecule has 0 spiro atoms. The van der Waals surface area contributed by atoms with Gasteiger partial charge in [-0.3, -0.25) is 4.79 Å². The van der Waals surface area contributed by atoms with Crippen LogP contribution in [-0.2, 0) is 0 Å². The Balaban J connectivity index is 1.67. The van der Waals surface area contributed by atoms with E-state index in [-0.39, 0.29) is 11.6 Å². The van der Waals surface area contributed by atoms with E-state index >= 15 is 0 Å². The fourth-order valence-corrected chi connectivity index (χ4v) is 2.24. The van der Waals surface area contributed by atoms with Gasteiger partial charge in [0, 0.05) is 16.2 Å². The highest BCUT2D eigenvalue weighted by Gasteiger charge is 2.09. The first-order valence-corrected chi connectivity index (χ1v) is 7.50. The third-order valence-electron chi connectivity index (χ3n) is 2.86. The first kappa shape index (κ1) is 15.2. The molecule has 0 aliphatic rings. The number of benzene rings is 1. The number of halogens is 1. The highest BCUT2D eigenvalue weighted by molar-refractivity contribution is 9.10. The van der Waals surface area contributed by atoms with E-state index in [0.29, 0.717) is 23.1 Å². The van der Waals surface area contributed by atoms with Crippen molar-refractivity contribution < 1.29 is 9.32 Å². The fraction of sp³-hybridized carbons (Fsp3) is 0.0667. The van der Waals surface area contributed by atoms with Gasteiger partial charge in [0.05, 0.1) is 0 Å². The van der Waals surface area contributed by atoms with Crippen LogP contribution in [0.2, 0.25) is 0 Å². The maximum atomic E-state index is 12.1. The Kier molecular flexibility index (Phi) is 4.33. The summed E-state index contributed by atoms with van der Waals surface area (Å²) >= 11 is 3.35. The zero-order valence-electron chi connectivity index (χ0n) is 12.1. The van der Waals surface area contributed by atoms with Gasteiger partial charge < -0.3 is 15.2 Å². The third-order valence-corrected chi connectivity index (χ3v) is 3.36. The van der Waals surface area contributed by atoms with Crippen molar-refractivity contribution in [3.63, 3.8) is 0 Å². The quantitative estimate of drug-likeness (QED) is 0.726. The lowest BCUT2D eigenvalue weighted by Gasteiger charge is -2.05. The van der Waals surface area contributed by atoms with Crippen LogP contribution in [0.1, 0.15) is 16.2 Å². The summed E-state index contributed by atoms with van der Waals surface area (Å²) in [6.07, 6.45) is 0. The van der Waals surface area contributed by atoms with Crippen molar-refractivity contribution in [2.75, 3.05) is 10.6 Å². The highest BCUT2D eigenvalue weighted by Crippen LogP contribution is 2.17. The van der Waals surface area contributed by atoms with Gasteiger partial charge in [-0.2, -0.15) is 0 Å². The molecule has 0 aliphatic carbocycles. The summed E-state index contributed by atoms with van der Waals surface area (Å²) in [6.45, 7) is 1.79. The molecule has 1 amide bonds. The standard InChI is InChI=1S/C15H12BrN5O2/c1-9-7-14(21-23-9)18-13-6-5-12(19-20-13)15(22)17-11-4-2-3-10(16)8-11/h2-8H,1H3,(H,17,22)(H,18,20,21). The van der Waals surface area contributed by atoms with Crippen molar-refractivity contribution in [3.05, 3.63) is 58.4 Å². The second kappa shape index (κ2) is 6.57. The van der Waals surface area contributed by atoms with E-state index in [0.717, 1.165) is 4.47 Å². The lowest BCUT2D eigenvalue weighted by atomic mass is 10.3. The first-order chi connectivity index (χ1) is 11.1. The average molecular weight is 374 g/mol. The summed E-state index contributed by atoms with van der Waals surface area (Å²) in [5.74, 6) is 1.35. The summed E-state index contributed by atoms with van der Waals surface area (Å²) in [7, 11) is 0. The Hall–Kier alpha value is -2.74. The molecule has 0 saturated heterocycles. The van der Waals surface area contributed by atoms with Crippen LogP contribution < -0.4 is 10.6 Å². The van der Waals surface area contributed by atoms with Crippen LogP contribution in [-0.4, -0.2) is 21.3 Å². The molecule has 3 rings (SSSR count). The molecule has 116 valence electrons. The van der Waals surface area contributed by atoms with Crippen molar-refractivity contribution in [2.24, 2.45) is 0 Å². The zero-order valence-corrected chi connectivity index (χ0v) is 13.7. The van der Waals surface area contributed by atoms with Gasteiger partial charge in [-0.1, -0.05) is 27.2 Å². The van der Waals surface area contributed by atoms with E-state index in [1.807, 2.05) is 12.1 Å². The number of aromatic nitrogens is 3. The van der Waals surface area contributed by atoms with Crippen molar-refractivity contribution in [1.29, 1.82) is 0 Å². The predicted octanol–water partition coefficient (Wildman–Crippen LogP) is 3.53. The molecule has 0 fully saturated rings. The number of carbonyl (C=O) groups excluding carboxylic acids is 1. The van der Waals surface area contributed by atoms with Gasteiger partial charge in [0.1, 0.15) is 5.76 Å². The monoisotopic (exact) mass is 373 g/mol. The number of nitrogens with one attached hydrogen (secondary N) is 2. The number of aryl methyl sites for hydroxylation is 1. The predicted molar refractivity (Wildman–Crippen MR) is 88.6 cm³/mol. The minimum atomic E-state index is -0.334. The summed E-state index contributed by atoms with van der Waals surface area (Å²) in [5, 5.41) is 17.3. The largest absolute Gasteiger partial charge is 0.360 e. The van der Waals surface area contributed by atoms with E-state index in [4.69, 9.17) is 4.52 Å². The molecule has 2 aromatic heterocycles. The summed E-state index contributed by atoms with van der Waals surface area (Å²) in [5.41, 5.74) is 0.887. The maximum Gasteiger partial charge on any atom is 0.276 e. The first-order valence-electron chi connectivity index (χ1n) is 6.71. The number of hydrogen-bond acceptors (Lipinski definition) is 6. The van der Waals surface area contributed by atoms with Crippen LogP contribution in [0.3, 0.4) is 0 Å². The van der Waals surface area contributed by atoms with Crippen LogP contribution in [0.4, 0.5) is 17.3 Å². The molecule has 0 bridgehead atoms. The Morgan fingerprint density at radius 1 is 1.13 bits per heavy atom. The van der Waals surface area contributed by atoms with Gasteiger partial charge >= 0.3 is 0 Å².